The molecule has 0 saturated carbocycles. The summed E-state index contributed by atoms with van der Waals surface area (Å²) in [4.78, 5) is 2.73. The van der Waals surface area contributed by atoms with Crippen LogP contribution < -0.4 is 0 Å². The SMILES string of the molecule is Cc1cc(C)cc(CCCCN=[N+]=[N-])c1. The van der Waals surface area contributed by atoms with Gasteiger partial charge in [0.15, 0.2) is 0 Å². The molecular weight excluding hydrogens is 186 g/mol. The molecule has 0 saturated heterocycles. The zero-order valence-electron chi connectivity index (χ0n) is 9.40. The molecule has 1 aromatic rings. The Morgan fingerprint density at radius 1 is 1.13 bits per heavy atom. The number of hydrogen-bond donors (Lipinski definition) is 0. The van der Waals surface area contributed by atoms with Gasteiger partial charge in [0.1, 0.15) is 0 Å². The fourth-order valence-electron chi connectivity index (χ4n) is 1.77. The van der Waals surface area contributed by atoms with Crippen LogP contribution in [0.4, 0.5) is 0 Å². The first kappa shape index (κ1) is 11.6. The molecule has 80 valence electrons. The normalized spacial score (nSPS) is 9.73. The maximum Gasteiger partial charge on any atom is 0.0258 e. The van der Waals surface area contributed by atoms with Crippen LogP contribution in [0.1, 0.15) is 29.5 Å². The average molecular weight is 203 g/mol. The molecule has 0 aliphatic carbocycles. The van der Waals surface area contributed by atoms with Gasteiger partial charge in [0, 0.05) is 11.5 Å². The Morgan fingerprint density at radius 2 is 1.80 bits per heavy atom. The van der Waals surface area contributed by atoms with Gasteiger partial charge in [0.05, 0.1) is 0 Å². The Kier molecular flexibility index (Phi) is 4.72. The largest absolute Gasteiger partial charge is 0.0940 e. The van der Waals surface area contributed by atoms with Gasteiger partial charge in [-0.2, -0.15) is 0 Å². The molecule has 0 heterocycles. The lowest BCUT2D eigenvalue weighted by Gasteiger charge is -2.04. The highest BCUT2D eigenvalue weighted by Gasteiger charge is 1.95. The van der Waals surface area contributed by atoms with Gasteiger partial charge in [-0.1, -0.05) is 34.4 Å². The third-order valence-electron chi connectivity index (χ3n) is 2.32. The number of azide groups is 1. The fourth-order valence-corrected chi connectivity index (χ4v) is 1.77. The van der Waals surface area contributed by atoms with Crippen LogP contribution in [0.25, 0.3) is 10.4 Å². The highest BCUT2D eigenvalue weighted by atomic mass is 15.1. The second-order valence-corrected chi connectivity index (χ2v) is 3.91. The average Bonchev–Trinajstić information content (AvgIpc) is 2.16. The molecule has 3 heteroatoms. The molecule has 0 aliphatic rings. The second-order valence-electron chi connectivity index (χ2n) is 3.91. The summed E-state index contributed by atoms with van der Waals surface area (Å²) in [6.07, 6.45) is 3.13. The van der Waals surface area contributed by atoms with Gasteiger partial charge < -0.3 is 0 Å². The van der Waals surface area contributed by atoms with E-state index in [1.807, 2.05) is 0 Å². The van der Waals surface area contributed by atoms with Gasteiger partial charge in [-0.05, 0) is 44.2 Å². The van der Waals surface area contributed by atoms with Crippen LogP contribution in [0, 0.1) is 13.8 Å². The number of nitrogens with zero attached hydrogens (tertiary/aromatic N) is 3. The Labute approximate surface area is 90.8 Å². The Balaban J connectivity index is 2.40. The van der Waals surface area contributed by atoms with E-state index >= 15 is 0 Å². The summed E-state index contributed by atoms with van der Waals surface area (Å²) in [6.45, 7) is 4.86. The van der Waals surface area contributed by atoms with Crippen LogP contribution in [-0.2, 0) is 6.42 Å². The van der Waals surface area contributed by atoms with Crippen molar-refractivity contribution in [2.75, 3.05) is 6.54 Å². The molecule has 0 unspecified atom stereocenters. The highest BCUT2D eigenvalue weighted by molar-refractivity contribution is 5.28. The molecule has 0 fully saturated rings. The van der Waals surface area contributed by atoms with Crippen LogP contribution in [0.3, 0.4) is 0 Å². The van der Waals surface area contributed by atoms with Crippen molar-refractivity contribution in [1.29, 1.82) is 0 Å². The molecule has 0 N–H and O–H groups in total. The summed E-state index contributed by atoms with van der Waals surface area (Å²) in [7, 11) is 0. The van der Waals surface area contributed by atoms with Crippen LogP contribution in [-0.4, -0.2) is 6.54 Å². The zero-order chi connectivity index (χ0) is 11.1. The Hall–Kier alpha value is -1.47. The lowest BCUT2D eigenvalue weighted by molar-refractivity contribution is 0.741. The molecule has 0 aromatic heterocycles. The molecule has 0 aliphatic heterocycles. The Bertz CT molecular complexity index is 345. The summed E-state index contributed by atoms with van der Waals surface area (Å²) in [5.41, 5.74) is 12.1. The van der Waals surface area contributed by atoms with Crippen molar-refractivity contribution in [2.24, 2.45) is 5.11 Å². The summed E-state index contributed by atoms with van der Waals surface area (Å²) in [6, 6.07) is 6.63. The van der Waals surface area contributed by atoms with E-state index < -0.39 is 0 Å². The van der Waals surface area contributed by atoms with Crippen molar-refractivity contribution in [2.45, 2.75) is 33.1 Å². The monoisotopic (exact) mass is 203 g/mol. The summed E-state index contributed by atoms with van der Waals surface area (Å²) in [5, 5.41) is 3.52. The van der Waals surface area contributed by atoms with Gasteiger partial charge in [-0.25, -0.2) is 0 Å². The van der Waals surface area contributed by atoms with Crippen LogP contribution in [0.5, 0.6) is 0 Å². The van der Waals surface area contributed by atoms with Crippen molar-refractivity contribution in [3.05, 3.63) is 45.3 Å². The Morgan fingerprint density at radius 3 is 2.40 bits per heavy atom. The van der Waals surface area contributed by atoms with Gasteiger partial charge in [-0.3, -0.25) is 0 Å². The minimum absolute atomic E-state index is 0.612. The molecule has 3 nitrogen and oxygen atoms in total. The number of benzene rings is 1. The van der Waals surface area contributed by atoms with E-state index in [1.54, 1.807) is 0 Å². The minimum atomic E-state index is 0.612. The smallest absolute Gasteiger partial charge is 0.0258 e. The standard InChI is InChI=1S/C12H17N3/c1-10-7-11(2)9-12(8-10)5-3-4-6-14-15-13/h7-9H,3-6H2,1-2H3. The minimum Gasteiger partial charge on any atom is -0.0940 e. The number of aryl methyl sites for hydroxylation is 3. The first-order valence-electron chi connectivity index (χ1n) is 5.30. The summed E-state index contributed by atoms with van der Waals surface area (Å²) < 4.78 is 0. The van der Waals surface area contributed by atoms with E-state index in [4.69, 9.17) is 5.53 Å². The van der Waals surface area contributed by atoms with E-state index in [2.05, 4.69) is 42.1 Å². The first-order chi connectivity index (χ1) is 7.22. The lowest BCUT2D eigenvalue weighted by atomic mass is 10.0. The van der Waals surface area contributed by atoms with Gasteiger partial charge in [0.2, 0.25) is 0 Å². The predicted molar refractivity (Wildman–Crippen MR) is 62.9 cm³/mol. The topological polar surface area (TPSA) is 48.8 Å². The molecule has 0 amide bonds. The van der Waals surface area contributed by atoms with Crippen molar-refractivity contribution in [3.8, 4) is 0 Å². The third kappa shape index (κ3) is 4.52. The van der Waals surface area contributed by atoms with Crippen molar-refractivity contribution in [3.63, 3.8) is 0 Å². The fraction of sp³-hybridized carbons (Fsp3) is 0.500. The predicted octanol–water partition coefficient (Wildman–Crippen LogP) is 3.94. The molecule has 1 rings (SSSR count). The number of hydrogen-bond acceptors (Lipinski definition) is 1. The van der Waals surface area contributed by atoms with Crippen molar-refractivity contribution >= 4 is 0 Å². The van der Waals surface area contributed by atoms with E-state index in [0.717, 1.165) is 19.3 Å². The summed E-state index contributed by atoms with van der Waals surface area (Å²) >= 11 is 0. The van der Waals surface area contributed by atoms with Gasteiger partial charge >= 0.3 is 0 Å². The molecule has 0 radical (unpaired) electrons. The van der Waals surface area contributed by atoms with E-state index in [1.165, 1.54) is 16.7 Å². The lowest BCUT2D eigenvalue weighted by Crippen LogP contribution is -1.89. The van der Waals surface area contributed by atoms with Crippen molar-refractivity contribution in [1.82, 2.24) is 0 Å². The third-order valence-corrected chi connectivity index (χ3v) is 2.32. The van der Waals surface area contributed by atoms with E-state index in [9.17, 15) is 0 Å². The molecule has 15 heavy (non-hydrogen) atoms. The van der Waals surface area contributed by atoms with E-state index in [-0.39, 0.29) is 0 Å². The molecule has 0 spiro atoms. The van der Waals surface area contributed by atoms with Crippen LogP contribution >= 0.6 is 0 Å². The summed E-state index contributed by atoms with van der Waals surface area (Å²) in [5.74, 6) is 0. The maximum absolute atomic E-state index is 8.11. The van der Waals surface area contributed by atoms with Gasteiger partial charge in [-0.15, -0.1) is 0 Å². The quantitative estimate of drug-likeness (QED) is 0.301. The zero-order valence-corrected chi connectivity index (χ0v) is 9.40. The van der Waals surface area contributed by atoms with Crippen molar-refractivity contribution < 1.29 is 0 Å². The second kappa shape index (κ2) is 6.10. The van der Waals surface area contributed by atoms with Crippen LogP contribution in [0.15, 0.2) is 23.3 Å². The highest BCUT2D eigenvalue weighted by Crippen LogP contribution is 2.11. The van der Waals surface area contributed by atoms with E-state index in [0.29, 0.717) is 6.54 Å². The molecule has 1 aromatic carbocycles. The number of unbranched alkanes of at least 4 members (excludes halogenated alkanes) is 1. The first-order valence-corrected chi connectivity index (χ1v) is 5.30. The maximum atomic E-state index is 8.11. The molecular formula is C12H17N3. The number of rotatable bonds is 5. The van der Waals surface area contributed by atoms with Crippen LogP contribution in [0.2, 0.25) is 0 Å². The molecule has 0 bridgehead atoms. The molecule has 0 atom stereocenters. The van der Waals surface area contributed by atoms with Gasteiger partial charge in [0.25, 0.3) is 0 Å².